The van der Waals surface area contributed by atoms with E-state index in [1.165, 1.54) is 4.90 Å². The largest absolute Gasteiger partial charge is 0.319 e. The Morgan fingerprint density at radius 2 is 2.11 bits per heavy atom. The second-order valence-corrected chi connectivity index (χ2v) is 5.77. The highest BCUT2D eigenvalue weighted by Gasteiger charge is 2.43. The summed E-state index contributed by atoms with van der Waals surface area (Å²) in [4.78, 5) is 36.9. The van der Waals surface area contributed by atoms with Gasteiger partial charge in [0.05, 0.1) is 0 Å². The monoisotopic (exact) mass is 267 g/mol. The van der Waals surface area contributed by atoms with Crippen LogP contribution >= 0.6 is 0 Å². The fraction of sp³-hybridized carbons (Fsp3) is 0.769. The first kappa shape index (κ1) is 14.0. The van der Waals surface area contributed by atoms with Crippen LogP contribution in [0.3, 0.4) is 0 Å². The fourth-order valence-electron chi connectivity index (χ4n) is 2.60. The van der Waals surface area contributed by atoms with Gasteiger partial charge in [-0.25, -0.2) is 0 Å². The van der Waals surface area contributed by atoms with Gasteiger partial charge in [0.1, 0.15) is 12.1 Å². The molecule has 0 bridgehead atoms. The Kier molecular flexibility index (Phi) is 3.89. The van der Waals surface area contributed by atoms with E-state index in [2.05, 4.69) is 10.6 Å². The summed E-state index contributed by atoms with van der Waals surface area (Å²) in [6.45, 7) is 4.23. The predicted octanol–water partition coefficient (Wildman–Crippen LogP) is -0.218. The summed E-state index contributed by atoms with van der Waals surface area (Å²) < 4.78 is 0. The quantitative estimate of drug-likeness (QED) is 0.678. The standard InChI is InChI=1S/C13H21N3O3/c1-13(2)12(19)15-10(17)8-16(13)11(18)7-9-5-3-4-6-14-9/h9,14H,3-8H2,1-2H3,(H,15,17,19). The van der Waals surface area contributed by atoms with Crippen LogP contribution < -0.4 is 10.6 Å². The van der Waals surface area contributed by atoms with Gasteiger partial charge >= 0.3 is 0 Å². The van der Waals surface area contributed by atoms with Crippen LogP contribution in [0.25, 0.3) is 0 Å². The Morgan fingerprint density at radius 1 is 1.37 bits per heavy atom. The van der Waals surface area contributed by atoms with Crippen LogP contribution in [0.5, 0.6) is 0 Å². The summed E-state index contributed by atoms with van der Waals surface area (Å²) in [5.41, 5.74) is -0.959. The summed E-state index contributed by atoms with van der Waals surface area (Å²) in [6, 6.07) is 0.164. The average molecular weight is 267 g/mol. The zero-order chi connectivity index (χ0) is 14.0. The number of rotatable bonds is 2. The molecule has 2 N–H and O–H groups in total. The topological polar surface area (TPSA) is 78.5 Å². The Hall–Kier alpha value is -1.43. The number of piperazine rings is 1. The lowest BCUT2D eigenvalue weighted by Crippen LogP contribution is -2.65. The van der Waals surface area contributed by atoms with E-state index in [1.807, 2.05) is 0 Å². The molecule has 2 aliphatic rings. The number of nitrogens with zero attached hydrogens (tertiary/aromatic N) is 1. The van der Waals surface area contributed by atoms with Crippen LogP contribution in [0, 0.1) is 0 Å². The molecule has 6 nitrogen and oxygen atoms in total. The van der Waals surface area contributed by atoms with E-state index in [-0.39, 0.29) is 18.5 Å². The summed E-state index contributed by atoms with van der Waals surface area (Å²) in [6.07, 6.45) is 3.58. The van der Waals surface area contributed by atoms with Gasteiger partial charge in [-0.3, -0.25) is 19.7 Å². The van der Waals surface area contributed by atoms with Gasteiger partial charge in [0.15, 0.2) is 0 Å². The van der Waals surface area contributed by atoms with Gasteiger partial charge in [0, 0.05) is 12.5 Å². The average Bonchev–Trinajstić information content (AvgIpc) is 2.35. The van der Waals surface area contributed by atoms with Crippen molar-refractivity contribution in [3.8, 4) is 0 Å². The zero-order valence-corrected chi connectivity index (χ0v) is 11.5. The Balaban J connectivity index is 2.03. The molecule has 0 saturated carbocycles. The SMILES string of the molecule is CC1(C)C(=O)NC(=O)CN1C(=O)CC1CCCCN1. The third-order valence-electron chi connectivity index (χ3n) is 3.92. The number of carbonyl (C=O) groups excluding carboxylic acids is 3. The lowest BCUT2D eigenvalue weighted by atomic mass is 9.96. The number of hydrogen-bond donors (Lipinski definition) is 2. The maximum Gasteiger partial charge on any atom is 0.252 e. The van der Waals surface area contributed by atoms with Crippen molar-refractivity contribution in [2.45, 2.75) is 51.1 Å². The van der Waals surface area contributed by atoms with Gasteiger partial charge in [-0.05, 0) is 33.2 Å². The highest BCUT2D eigenvalue weighted by atomic mass is 16.2. The van der Waals surface area contributed by atoms with E-state index in [9.17, 15) is 14.4 Å². The van der Waals surface area contributed by atoms with Crippen LogP contribution in [-0.4, -0.2) is 47.3 Å². The van der Waals surface area contributed by atoms with Crippen molar-refractivity contribution in [1.29, 1.82) is 0 Å². The molecule has 6 heteroatoms. The van der Waals surface area contributed by atoms with Gasteiger partial charge in [0.2, 0.25) is 11.8 Å². The van der Waals surface area contributed by atoms with E-state index >= 15 is 0 Å². The van der Waals surface area contributed by atoms with E-state index in [4.69, 9.17) is 0 Å². The van der Waals surface area contributed by atoms with Gasteiger partial charge in [0.25, 0.3) is 5.91 Å². The number of imide groups is 1. The molecule has 0 radical (unpaired) electrons. The third-order valence-corrected chi connectivity index (χ3v) is 3.92. The molecule has 3 amide bonds. The minimum atomic E-state index is -0.959. The predicted molar refractivity (Wildman–Crippen MR) is 69.2 cm³/mol. The first-order chi connectivity index (χ1) is 8.91. The number of hydrogen-bond acceptors (Lipinski definition) is 4. The van der Waals surface area contributed by atoms with Gasteiger partial charge < -0.3 is 10.2 Å². The molecule has 2 fully saturated rings. The normalized spacial score (nSPS) is 27.1. The summed E-state index contributed by atoms with van der Waals surface area (Å²) >= 11 is 0. The molecule has 1 unspecified atom stereocenters. The number of piperidine rings is 1. The number of nitrogens with one attached hydrogen (secondary N) is 2. The zero-order valence-electron chi connectivity index (χ0n) is 11.5. The van der Waals surface area contributed by atoms with Crippen LogP contribution in [0.2, 0.25) is 0 Å². The molecule has 106 valence electrons. The minimum absolute atomic E-state index is 0.0374. The van der Waals surface area contributed by atoms with Crippen LogP contribution in [0.1, 0.15) is 39.5 Å². The molecule has 1 atom stereocenters. The Morgan fingerprint density at radius 3 is 2.74 bits per heavy atom. The molecule has 19 heavy (non-hydrogen) atoms. The van der Waals surface area contributed by atoms with Gasteiger partial charge in [-0.15, -0.1) is 0 Å². The molecular formula is C13H21N3O3. The van der Waals surface area contributed by atoms with Crippen molar-refractivity contribution in [2.24, 2.45) is 0 Å². The maximum atomic E-state index is 12.3. The molecule has 0 aliphatic carbocycles. The van der Waals surface area contributed by atoms with Gasteiger partial charge in [-0.1, -0.05) is 6.42 Å². The van der Waals surface area contributed by atoms with E-state index in [0.29, 0.717) is 6.42 Å². The Labute approximate surface area is 112 Å². The smallest absolute Gasteiger partial charge is 0.252 e. The second kappa shape index (κ2) is 5.28. The second-order valence-electron chi connectivity index (χ2n) is 5.77. The molecular weight excluding hydrogens is 246 g/mol. The van der Waals surface area contributed by atoms with Gasteiger partial charge in [-0.2, -0.15) is 0 Å². The molecule has 0 spiro atoms. The van der Waals surface area contributed by atoms with Crippen molar-refractivity contribution in [3.05, 3.63) is 0 Å². The van der Waals surface area contributed by atoms with Crippen LogP contribution in [0.4, 0.5) is 0 Å². The molecule has 0 aromatic heterocycles. The first-order valence-corrected chi connectivity index (χ1v) is 6.79. The van der Waals surface area contributed by atoms with Crippen LogP contribution in [-0.2, 0) is 14.4 Å². The minimum Gasteiger partial charge on any atom is -0.319 e. The van der Waals surface area contributed by atoms with Crippen molar-refractivity contribution in [3.63, 3.8) is 0 Å². The van der Waals surface area contributed by atoms with Crippen molar-refractivity contribution >= 4 is 17.7 Å². The lowest BCUT2D eigenvalue weighted by molar-refractivity contribution is -0.155. The molecule has 0 aromatic carbocycles. The van der Waals surface area contributed by atoms with Crippen LogP contribution in [0.15, 0.2) is 0 Å². The molecule has 2 aliphatic heterocycles. The van der Waals surface area contributed by atoms with E-state index in [0.717, 1.165) is 25.8 Å². The third kappa shape index (κ3) is 2.94. The van der Waals surface area contributed by atoms with Crippen molar-refractivity contribution in [1.82, 2.24) is 15.5 Å². The fourth-order valence-corrected chi connectivity index (χ4v) is 2.60. The van der Waals surface area contributed by atoms with Crippen molar-refractivity contribution in [2.75, 3.05) is 13.1 Å². The molecule has 2 rings (SSSR count). The number of amides is 3. The molecule has 0 aromatic rings. The molecule has 2 saturated heterocycles. The summed E-state index contributed by atoms with van der Waals surface area (Å²) in [5, 5.41) is 5.58. The van der Waals surface area contributed by atoms with E-state index in [1.54, 1.807) is 13.8 Å². The molecule has 2 heterocycles. The summed E-state index contributed by atoms with van der Waals surface area (Å²) in [5.74, 6) is -0.949. The van der Waals surface area contributed by atoms with E-state index < -0.39 is 17.4 Å². The number of carbonyl (C=O) groups is 3. The Bertz CT molecular complexity index is 400. The van der Waals surface area contributed by atoms with Crippen molar-refractivity contribution < 1.29 is 14.4 Å². The lowest BCUT2D eigenvalue weighted by Gasteiger charge is -2.41. The highest BCUT2D eigenvalue weighted by Crippen LogP contribution is 2.21. The summed E-state index contributed by atoms with van der Waals surface area (Å²) in [7, 11) is 0. The highest BCUT2D eigenvalue weighted by molar-refractivity contribution is 6.06. The first-order valence-electron chi connectivity index (χ1n) is 6.79. The maximum absolute atomic E-state index is 12.3.